The van der Waals surface area contributed by atoms with Gasteiger partial charge in [0, 0.05) is 49.9 Å². The van der Waals surface area contributed by atoms with E-state index in [9.17, 15) is 14.4 Å². The predicted molar refractivity (Wildman–Crippen MR) is 127 cm³/mol. The van der Waals surface area contributed by atoms with Gasteiger partial charge in [-0.25, -0.2) is 9.78 Å². The van der Waals surface area contributed by atoms with Crippen molar-refractivity contribution >= 4 is 27.8 Å². The van der Waals surface area contributed by atoms with Gasteiger partial charge in [-0.3, -0.25) is 29.1 Å². The zero-order valence-corrected chi connectivity index (χ0v) is 18.9. The zero-order valence-electron chi connectivity index (χ0n) is 18.9. The summed E-state index contributed by atoms with van der Waals surface area (Å²) in [5.41, 5.74) is 2.94. The van der Waals surface area contributed by atoms with Gasteiger partial charge in [0.15, 0.2) is 0 Å². The van der Waals surface area contributed by atoms with Crippen LogP contribution in [-0.4, -0.2) is 62.1 Å². The van der Waals surface area contributed by atoms with E-state index in [4.69, 9.17) is 9.72 Å². The molecule has 0 aliphatic carbocycles. The lowest BCUT2D eigenvalue weighted by Crippen LogP contribution is -2.43. The third-order valence-electron chi connectivity index (χ3n) is 6.27. The molecule has 1 aliphatic heterocycles. The molecule has 1 aliphatic rings. The first kappa shape index (κ1) is 21.9. The molecule has 0 radical (unpaired) electrons. The number of likely N-dealkylation sites (tertiary alicyclic amines) is 1. The number of fused-ring (bicyclic) bond motifs is 3. The molecule has 174 valence electrons. The van der Waals surface area contributed by atoms with Crippen molar-refractivity contribution in [3.63, 3.8) is 0 Å². The van der Waals surface area contributed by atoms with Crippen molar-refractivity contribution in [3.05, 3.63) is 63.2 Å². The number of carbonyl (C=O) groups is 1. The van der Waals surface area contributed by atoms with Gasteiger partial charge in [-0.1, -0.05) is 0 Å². The van der Waals surface area contributed by atoms with Crippen LogP contribution < -0.4 is 11.2 Å². The van der Waals surface area contributed by atoms with Gasteiger partial charge in [0.2, 0.25) is 5.91 Å². The Balaban J connectivity index is 1.65. The second-order valence-electron chi connectivity index (χ2n) is 8.45. The highest BCUT2D eigenvalue weighted by atomic mass is 16.5. The number of aromatic nitrogens is 5. The average Bonchev–Trinajstić information content (AvgIpc) is 2.84. The number of pyridine rings is 3. The highest BCUT2D eigenvalue weighted by Crippen LogP contribution is 2.28. The topological polar surface area (TPSA) is 123 Å². The summed E-state index contributed by atoms with van der Waals surface area (Å²) in [6, 6.07) is 7.32. The van der Waals surface area contributed by atoms with Crippen molar-refractivity contribution in [2.24, 2.45) is 0 Å². The Morgan fingerprint density at radius 1 is 1.12 bits per heavy atom. The van der Waals surface area contributed by atoms with Gasteiger partial charge in [0.05, 0.1) is 22.1 Å². The van der Waals surface area contributed by atoms with Crippen molar-refractivity contribution < 1.29 is 9.53 Å². The monoisotopic (exact) mass is 460 g/mol. The Labute approximate surface area is 194 Å². The molecular formula is C24H24N6O4. The van der Waals surface area contributed by atoms with Gasteiger partial charge in [-0.15, -0.1) is 0 Å². The van der Waals surface area contributed by atoms with Crippen molar-refractivity contribution in [3.8, 4) is 11.3 Å². The maximum Gasteiger partial charge on any atom is 0.329 e. The molecule has 1 fully saturated rings. The summed E-state index contributed by atoms with van der Waals surface area (Å²) in [6.07, 6.45) is 4.37. The fourth-order valence-corrected chi connectivity index (χ4v) is 4.51. The second-order valence-corrected chi connectivity index (χ2v) is 8.45. The fraction of sp³-hybridized carbons (Fsp3) is 0.333. The molecule has 1 N–H and O–H groups in total. The van der Waals surface area contributed by atoms with E-state index in [0.717, 1.165) is 11.3 Å². The van der Waals surface area contributed by atoms with E-state index in [2.05, 4.69) is 15.0 Å². The molecule has 1 amide bonds. The van der Waals surface area contributed by atoms with E-state index in [1.54, 1.807) is 15.7 Å². The molecule has 5 heterocycles. The maximum atomic E-state index is 13.1. The molecule has 0 bridgehead atoms. The minimum absolute atomic E-state index is 0.0308. The van der Waals surface area contributed by atoms with Crippen LogP contribution in [0.25, 0.3) is 33.2 Å². The molecule has 0 atom stereocenters. The smallest absolute Gasteiger partial charge is 0.329 e. The summed E-state index contributed by atoms with van der Waals surface area (Å²) < 4.78 is 6.57. The summed E-state index contributed by atoms with van der Waals surface area (Å²) in [7, 11) is 1.49. The molecule has 34 heavy (non-hydrogen) atoms. The number of aromatic amines is 1. The lowest BCUT2D eigenvalue weighted by molar-refractivity contribution is -0.136. The van der Waals surface area contributed by atoms with Gasteiger partial charge in [-0.05, 0) is 44.0 Å². The van der Waals surface area contributed by atoms with Crippen LogP contribution in [0.15, 0.2) is 46.2 Å². The number of ether oxygens (including phenoxy) is 1. The number of rotatable bonds is 4. The lowest BCUT2D eigenvalue weighted by atomic mass is 10.0. The SMILES string of the molecule is COCC(=O)N1CCC(n2c(=O)[nH]c(=O)c3cnc4ccc(-c5ccc(C)nc5)nc4c32)CC1. The second kappa shape index (κ2) is 8.79. The molecule has 0 spiro atoms. The number of H-pyrrole nitrogens is 1. The van der Waals surface area contributed by atoms with E-state index < -0.39 is 11.2 Å². The number of nitrogens with zero attached hydrogens (tertiary/aromatic N) is 5. The van der Waals surface area contributed by atoms with Crippen LogP contribution in [0.4, 0.5) is 0 Å². The number of amides is 1. The first-order valence-corrected chi connectivity index (χ1v) is 11.1. The predicted octanol–water partition coefficient (Wildman–Crippen LogP) is 1.81. The van der Waals surface area contributed by atoms with Gasteiger partial charge in [-0.2, -0.15) is 0 Å². The first-order valence-electron chi connectivity index (χ1n) is 11.1. The van der Waals surface area contributed by atoms with Crippen LogP contribution in [0.1, 0.15) is 24.6 Å². The number of piperidine rings is 1. The van der Waals surface area contributed by atoms with E-state index in [-0.39, 0.29) is 18.6 Å². The Hall–Kier alpha value is -3.92. The van der Waals surface area contributed by atoms with Crippen molar-refractivity contribution in [2.45, 2.75) is 25.8 Å². The summed E-state index contributed by atoms with van der Waals surface area (Å²) in [5.74, 6) is -0.0766. The number of methoxy groups -OCH3 is 1. The molecule has 1 saturated heterocycles. The number of aryl methyl sites for hydroxylation is 1. The molecule has 10 heteroatoms. The third kappa shape index (κ3) is 3.86. The van der Waals surface area contributed by atoms with Gasteiger partial charge in [0.1, 0.15) is 12.1 Å². The van der Waals surface area contributed by atoms with Crippen LogP contribution in [0.2, 0.25) is 0 Å². The van der Waals surface area contributed by atoms with Crippen LogP contribution in [0.5, 0.6) is 0 Å². The highest BCUT2D eigenvalue weighted by Gasteiger charge is 2.27. The molecular weight excluding hydrogens is 436 g/mol. The van der Waals surface area contributed by atoms with Gasteiger partial charge in [0.25, 0.3) is 5.56 Å². The minimum Gasteiger partial charge on any atom is -0.375 e. The number of nitrogens with one attached hydrogen (secondary N) is 1. The van der Waals surface area contributed by atoms with Gasteiger partial charge >= 0.3 is 5.69 Å². The number of hydrogen-bond donors (Lipinski definition) is 1. The molecule has 4 aromatic rings. The van der Waals surface area contributed by atoms with E-state index >= 15 is 0 Å². The molecule has 0 aromatic carbocycles. The van der Waals surface area contributed by atoms with Crippen LogP contribution in [0, 0.1) is 6.92 Å². The summed E-state index contributed by atoms with van der Waals surface area (Å²) in [6.45, 7) is 2.94. The van der Waals surface area contributed by atoms with Crippen molar-refractivity contribution in [1.82, 2.24) is 29.4 Å². The van der Waals surface area contributed by atoms with Crippen LogP contribution >= 0.6 is 0 Å². The summed E-state index contributed by atoms with van der Waals surface area (Å²) in [5, 5.41) is 0.302. The van der Waals surface area contributed by atoms with Crippen molar-refractivity contribution in [1.29, 1.82) is 0 Å². The Morgan fingerprint density at radius 3 is 2.62 bits per heavy atom. The normalized spacial score (nSPS) is 14.7. The standard InChI is InChI=1S/C24H24N6O4/c1-14-3-4-15(11-25-14)18-5-6-19-21(27-18)22-17(12-26-19)23(32)28-24(33)30(22)16-7-9-29(10-8-16)20(31)13-34-2/h3-6,11-12,16H,7-10,13H2,1-2H3,(H,28,32,33). The molecule has 0 unspecified atom stereocenters. The lowest BCUT2D eigenvalue weighted by Gasteiger charge is -2.33. The highest BCUT2D eigenvalue weighted by molar-refractivity contribution is 6.01. The van der Waals surface area contributed by atoms with Gasteiger partial charge < -0.3 is 9.64 Å². The summed E-state index contributed by atoms with van der Waals surface area (Å²) >= 11 is 0. The zero-order chi connectivity index (χ0) is 23.8. The molecule has 5 rings (SSSR count). The molecule has 10 nitrogen and oxygen atoms in total. The summed E-state index contributed by atoms with van der Waals surface area (Å²) in [4.78, 5) is 55.6. The number of hydrogen-bond acceptors (Lipinski definition) is 7. The Kier molecular flexibility index (Phi) is 5.66. The molecule has 0 saturated carbocycles. The Morgan fingerprint density at radius 2 is 1.91 bits per heavy atom. The maximum absolute atomic E-state index is 13.1. The fourth-order valence-electron chi connectivity index (χ4n) is 4.51. The van der Waals surface area contributed by atoms with E-state index in [0.29, 0.717) is 53.6 Å². The molecule has 4 aromatic heterocycles. The Bertz CT molecular complexity index is 1500. The van der Waals surface area contributed by atoms with Crippen LogP contribution in [-0.2, 0) is 9.53 Å². The average molecular weight is 460 g/mol. The minimum atomic E-state index is -0.498. The first-order chi connectivity index (χ1) is 16.5. The number of carbonyl (C=O) groups excluding carboxylic acids is 1. The van der Waals surface area contributed by atoms with E-state index in [1.165, 1.54) is 13.3 Å². The van der Waals surface area contributed by atoms with Crippen LogP contribution in [0.3, 0.4) is 0 Å². The van der Waals surface area contributed by atoms with E-state index in [1.807, 2.05) is 31.2 Å². The quantitative estimate of drug-likeness (QED) is 0.461. The third-order valence-corrected chi connectivity index (χ3v) is 6.27. The largest absolute Gasteiger partial charge is 0.375 e. The van der Waals surface area contributed by atoms with Crippen molar-refractivity contribution in [2.75, 3.05) is 26.8 Å².